The van der Waals surface area contributed by atoms with E-state index in [9.17, 15) is 0 Å². The number of nitrogens with zero attached hydrogens (tertiary/aromatic N) is 3. The van der Waals surface area contributed by atoms with Gasteiger partial charge in [-0.1, -0.05) is 152 Å². The van der Waals surface area contributed by atoms with E-state index in [0.29, 0.717) is 0 Å². The second-order valence-corrected chi connectivity index (χ2v) is 14.9. The molecule has 0 aliphatic heterocycles. The Morgan fingerprint density at radius 3 is 1.89 bits per heavy atom. The smallest absolute Gasteiger partial charge is 0.160 e. The summed E-state index contributed by atoms with van der Waals surface area (Å²) in [6.07, 6.45) is 0. The standard InChI is InChI=1S/C51H35N3S/c1-34-49(39-29-28-35-16-11-12-21-38(35)32-39)52-51(37-19-7-3-8-20-37)53-50(34)44-25-15-27-46-48(44)43-31-30-41(33-47(43)55-46)54(40-22-9-4-10-23-40)45-26-14-13-24-42(45)36-17-5-2-6-18-36/h2-33H,1H3. The summed E-state index contributed by atoms with van der Waals surface area (Å²) in [6.45, 7) is 2.17. The van der Waals surface area contributed by atoms with Gasteiger partial charge in [-0.25, -0.2) is 9.97 Å². The van der Waals surface area contributed by atoms with Gasteiger partial charge in [-0.2, -0.15) is 0 Å². The Kier molecular flexibility index (Phi) is 8.24. The maximum Gasteiger partial charge on any atom is 0.160 e. The van der Waals surface area contributed by atoms with Crippen molar-refractivity contribution in [2.75, 3.05) is 4.90 Å². The third-order valence-electron chi connectivity index (χ3n) is 10.4. The molecule has 0 aliphatic carbocycles. The predicted octanol–water partition coefficient (Wildman–Crippen LogP) is 14.4. The van der Waals surface area contributed by atoms with Gasteiger partial charge in [-0.05, 0) is 65.7 Å². The zero-order chi connectivity index (χ0) is 36.7. The molecule has 0 atom stereocenters. The maximum absolute atomic E-state index is 5.35. The lowest BCUT2D eigenvalue weighted by Crippen LogP contribution is -2.11. The molecule has 0 amide bonds. The summed E-state index contributed by atoms with van der Waals surface area (Å²) in [5, 5.41) is 4.84. The van der Waals surface area contributed by atoms with Crippen molar-refractivity contribution in [3.8, 4) is 45.0 Å². The molecular weight excluding hydrogens is 687 g/mol. The van der Waals surface area contributed by atoms with E-state index in [1.807, 2.05) is 17.4 Å². The number of thiophene rings is 1. The van der Waals surface area contributed by atoms with Crippen LogP contribution in [0.3, 0.4) is 0 Å². The van der Waals surface area contributed by atoms with Crippen molar-refractivity contribution in [2.24, 2.45) is 0 Å². The van der Waals surface area contributed by atoms with Crippen molar-refractivity contribution in [2.45, 2.75) is 6.92 Å². The van der Waals surface area contributed by atoms with E-state index in [4.69, 9.17) is 9.97 Å². The lowest BCUT2D eigenvalue weighted by atomic mass is 9.96. The molecule has 10 aromatic rings. The van der Waals surface area contributed by atoms with Crippen LogP contribution in [0, 0.1) is 6.92 Å². The number of benzene rings is 8. The van der Waals surface area contributed by atoms with Gasteiger partial charge in [0.1, 0.15) is 0 Å². The van der Waals surface area contributed by atoms with Gasteiger partial charge in [0, 0.05) is 59.4 Å². The zero-order valence-corrected chi connectivity index (χ0v) is 31.0. The van der Waals surface area contributed by atoms with Gasteiger partial charge >= 0.3 is 0 Å². The maximum atomic E-state index is 5.35. The van der Waals surface area contributed by atoms with Gasteiger partial charge in [0.2, 0.25) is 0 Å². The molecule has 0 spiro atoms. The number of anilines is 3. The largest absolute Gasteiger partial charge is 0.310 e. The van der Waals surface area contributed by atoms with Crippen molar-refractivity contribution in [1.29, 1.82) is 0 Å². The van der Waals surface area contributed by atoms with Crippen molar-refractivity contribution in [3.05, 3.63) is 200 Å². The molecule has 260 valence electrons. The van der Waals surface area contributed by atoms with Crippen molar-refractivity contribution < 1.29 is 0 Å². The zero-order valence-electron chi connectivity index (χ0n) is 30.2. The first-order chi connectivity index (χ1) is 27.2. The van der Waals surface area contributed by atoms with Gasteiger partial charge in [0.15, 0.2) is 5.82 Å². The van der Waals surface area contributed by atoms with Gasteiger partial charge in [-0.15, -0.1) is 11.3 Å². The number of para-hydroxylation sites is 2. The molecule has 0 bridgehead atoms. The molecule has 55 heavy (non-hydrogen) atoms. The van der Waals surface area contributed by atoms with Crippen molar-refractivity contribution in [3.63, 3.8) is 0 Å². The molecule has 4 heteroatoms. The molecule has 0 N–H and O–H groups in total. The highest BCUT2D eigenvalue weighted by Crippen LogP contribution is 2.46. The van der Waals surface area contributed by atoms with E-state index in [1.54, 1.807) is 0 Å². The Morgan fingerprint density at radius 1 is 0.436 bits per heavy atom. The minimum absolute atomic E-state index is 0.721. The summed E-state index contributed by atoms with van der Waals surface area (Å²) < 4.78 is 2.45. The molecule has 2 aromatic heterocycles. The van der Waals surface area contributed by atoms with Gasteiger partial charge < -0.3 is 4.90 Å². The van der Waals surface area contributed by atoms with Crippen LogP contribution in [-0.2, 0) is 0 Å². The molecule has 3 nitrogen and oxygen atoms in total. The van der Waals surface area contributed by atoms with E-state index in [0.717, 1.165) is 56.5 Å². The average Bonchev–Trinajstić information content (AvgIpc) is 3.63. The molecule has 0 saturated carbocycles. The fraction of sp³-hybridized carbons (Fsp3) is 0.0196. The molecule has 8 aromatic carbocycles. The molecule has 0 unspecified atom stereocenters. The monoisotopic (exact) mass is 721 g/mol. The topological polar surface area (TPSA) is 29.0 Å². The number of hydrogen-bond acceptors (Lipinski definition) is 4. The van der Waals surface area contributed by atoms with E-state index in [-0.39, 0.29) is 0 Å². The minimum Gasteiger partial charge on any atom is -0.310 e. The van der Waals surface area contributed by atoms with E-state index >= 15 is 0 Å². The molecule has 0 aliphatic rings. The normalized spacial score (nSPS) is 11.4. The Bertz CT molecular complexity index is 2990. The molecular formula is C51H35N3S. The summed E-state index contributed by atoms with van der Waals surface area (Å²) in [7, 11) is 0. The van der Waals surface area contributed by atoms with Crippen molar-refractivity contribution >= 4 is 59.3 Å². The van der Waals surface area contributed by atoms with Crippen LogP contribution in [0.1, 0.15) is 5.56 Å². The number of rotatable bonds is 7. The third-order valence-corrected chi connectivity index (χ3v) is 11.6. The third kappa shape index (κ3) is 5.94. The summed E-state index contributed by atoms with van der Waals surface area (Å²) in [5.74, 6) is 0.721. The fourth-order valence-electron chi connectivity index (χ4n) is 7.80. The van der Waals surface area contributed by atoms with Crippen LogP contribution in [0.25, 0.3) is 76.0 Å². The van der Waals surface area contributed by atoms with Crippen LogP contribution in [0.2, 0.25) is 0 Å². The Balaban J connectivity index is 1.16. The van der Waals surface area contributed by atoms with Crippen LogP contribution in [0.4, 0.5) is 17.1 Å². The van der Waals surface area contributed by atoms with Crippen LogP contribution in [-0.4, -0.2) is 9.97 Å². The SMILES string of the molecule is Cc1c(-c2ccc3ccccc3c2)nc(-c2ccccc2)nc1-c1cccc2sc3cc(N(c4ccccc4)c4ccccc4-c4ccccc4)ccc3c12. The number of fused-ring (bicyclic) bond motifs is 4. The van der Waals surface area contributed by atoms with E-state index < -0.39 is 0 Å². The van der Waals surface area contributed by atoms with Crippen LogP contribution in [0.5, 0.6) is 0 Å². The fourth-order valence-corrected chi connectivity index (χ4v) is 8.96. The lowest BCUT2D eigenvalue weighted by Gasteiger charge is -2.28. The summed E-state index contributed by atoms with van der Waals surface area (Å²) in [4.78, 5) is 13.0. The average molecular weight is 722 g/mol. The molecule has 2 heterocycles. The van der Waals surface area contributed by atoms with Gasteiger partial charge in [0.05, 0.1) is 17.1 Å². The lowest BCUT2D eigenvalue weighted by molar-refractivity contribution is 1.15. The summed E-state index contributed by atoms with van der Waals surface area (Å²) in [5.41, 5.74) is 11.9. The van der Waals surface area contributed by atoms with Gasteiger partial charge in [0.25, 0.3) is 0 Å². The van der Waals surface area contributed by atoms with Gasteiger partial charge in [-0.3, -0.25) is 0 Å². The predicted molar refractivity (Wildman–Crippen MR) is 234 cm³/mol. The second-order valence-electron chi connectivity index (χ2n) is 13.8. The first-order valence-electron chi connectivity index (χ1n) is 18.6. The highest BCUT2D eigenvalue weighted by molar-refractivity contribution is 7.26. The van der Waals surface area contributed by atoms with Crippen LogP contribution in [0.15, 0.2) is 194 Å². The first-order valence-corrected chi connectivity index (χ1v) is 19.4. The highest BCUT2D eigenvalue weighted by Gasteiger charge is 2.22. The van der Waals surface area contributed by atoms with Crippen LogP contribution >= 0.6 is 11.3 Å². The molecule has 0 fully saturated rings. The highest BCUT2D eigenvalue weighted by atomic mass is 32.1. The van der Waals surface area contributed by atoms with Crippen LogP contribution < -0.4 is 4.90 Å². The Labute approximate surface area is 324 Å². The molecule has 0 radical (unpaired) electrons. The first kappa shape index (κ1) is 32.7. The van der Waals surface area contributed by atoms with Crippen molar-refractivity contribution in [1.82, 2.24) is 9.97 Å². The number of hydrogen-bond donors (Lipinski definition) is 0. The Morgan fingerprint density at radius 2 is 1.09 bits per heavy atom. The van der Waals surface area contributed by atoms with E-state index in [1.165, 1.54) is 42.1 Å². The molecule has 0 saturated heterocycles. The summed E-state index contributed by atoms with van der Waals surface area (Å²) in [6, 6.07) is 69.0. The summed E-state index contributed by atoms with van der Waals surface area (Å²) >= 11 is 1.83. The minimum atomic E-state index is 0.721. The second kappa shape index (κ2) is 13.8. The number of aromatic nitrogens is 2. The molecule has 10 rings (SSSR count). The van der Waals surface area contributed by atoms with E-state index in [2.05, 4.69) is 200 Å². The quantitative estimate of drug-likeness (QED) is 0.164. The Hall–Kier alpha value is -6.88.